The van der Waals surface area contributed by atoms with E-state index in [2.05, 4.69) is 20.4 Å². The van der Waals surface area contributed by atoms with E-state index in [0.717, 1.165) is 28.5 Å². The van der Waals surface area contributed by atoms with Gasteiger partial charge in [0.05, 0.1) is 12.8 Å². The molecule has 2 aromatic carbocycles. The number of anilines is 3. The van der Waals surface area contributed by atoms with Crippen molar-refractivity contribution < 1.29 is 9.53 Å². The summed E-state index contributed by atoms with van der Waals surface area (Å²) in [5, 5.41) is 7.58. The maximum absolute atomic E-state index is 11.6. The molecule has 8 nitrogen and oxygen atoms in total. The van der Waals surface area contributed by atoms with Gasteiger partial charge in [-0.05, 0) is 24.3 Å². The van der Waals surface area contributed by atoms with E-state index in [1.807, 2.05) is 60.7 Å². The molecule has 0 spiro atoms. The molecule has 4 rings (SSSR count). The molecule has 0 saturated carbocycles. The van der Waals surface area contributed by atoms with Gasteiger partial charge in [-0.3, -0.25) is 4.90 Å². The molecule has 2 aromatic heterocycles. The Kier molecular flexibility index (Phi) is 4.59. The van der Waals surface area contributed by atoms with Gasteiger partial charge in [0, 0.05) is 30.1 Å². The highest BCUT2D eigenvalue weighted by Crippen LogP contribution is 2.25. The summed E-state index contributed by atoms with van der Waals surface area (Å²) in [5.74, 6) is 1.24. The van der Waals surface area contributed by atoms with E-state index >= 15 is 0 Å². The van der Waals surface area contributed by atoms with Crippen LogP contribution in [0.3, 0.4) is 0 Å². The molecule has 4 aromatic rings. The molecule has 1 N–H and O–H groups in total. The van der Waals surface area contributed by atoms with Crippen molar-refractivity contribution in [3.63, 3.8) is 0 Å². The van der Waals surface area contributed by atoms with Crippen LogP contribution in [0.4, 0.5) is 22.0 Å². The first-order valence-corrected chi connectivity index (χ1v) is 8.60. The van der Waals surface area contributed by atoms with Gasteiger partial charge in [-0.25, -0.2) is 9.78 Å². The highest BCUT2D eigenvalue weighted by Gasteiger charge is 2.12. The number of aromatic nitrogens is 4. The minimum atomic E-state index is -0.424. The van der Waals surface area contributed by atoms with Gasteiger partial charge >= 0.3 is 6.09 Å². The van der Waals surface area contributed by atoms with E-state index in [1.54, 1.807) is 11.6 Å². The Morgan fingerprint density at radius 3 is 2.57 bits per heavy atom. The van der Waals surface area contributed by atoms with Crippen LogP contribution in [0.2, 0.25) is 0 Å². The van der Waals surface area contributed by atoms with Crippen LogP contribution >= 0.6 is 0 Å². The number of amides is 1. The lowest BCUT2D eigenvalue weighted by atomic mass is 10.1. The highest BCUT2D eigenvalue weighted by molar-refractivity contribution is 5.87. The molecule has 0 aliphatic carbocycles. The third-order valence-electron chi connectivity index (χ3n) is 4.30. The largest absolute Gasteiger partial charge is 0.452 e. The zero-order chi connectivity index (χ0) is 19.5. The molecular formula is C20H18N6O2. The fourth-order valence-electron chi connectivity index (χ4n) is 2.82. The number of nitrogens with zero attached hydrogens (tertiary/aromatic N) is 5. The predicted molar refractivity (Wildman–Crippen MR) is 107 cm³/mol. The number of hydrogen-bond acceptors (Lipinski definition) is 6. The predicted octanol–water partition coefficient (Wildman–Crippen LogP) is 3.74. The number of carbonyl (C=O) groups is 1. The standard InChI is InChI=1S/C20H18N6O2/c1-25(20(27)28-2)16-10-8-15(9-11-16)23-18-12-17(14-6-4-3-5-7-14)24-19-21-13-22-26(18)19/h3-13,23H,1-2H3. The molecule has 0 radical (unpaired) electrons. The lowest BCUT2D eigenvalue weighted by molar-refractivity contribution is 0.180. The van der Waals surface area contributed by atoms with E-state index in [1.165, 1.54) is 18.3 Å². The van der Waals surface area contributed by atoms with Crippen molar-refractivity contribution in [2.45, 2.75) is 0 Å². The molecule has 0 saturated heterocycles. The zero-order valence-corrected chi connectivity index (χ0v) is 15.4. The fraction of sp³-hybridized carbons (Fsp3) is 0.100. The second-order valence-electron chi connectivity index (χ2n) is 6.07. The van der Waals surface area contributed by atoms with Crippen LogP contribution in [0, 0.1) is 0 Å². The van der Waals surface area contributed by atoms with Crippen LogP contribution in [0.1, 0.15) is 0 Å². The van der Waals surface area contributed by atoms with Crippen LogP contribution in [-0.2, 0) is 4.74 Å². The van der Waals surface area contributed by atoms with Gasteiger partial charge in [-0.1, -0.05) is 30.3 Å². The molecule has 140 valence electrons. The molecule has 8 heteroatoms. The van der Waals surface area contributed by atoms with Gasteiger partial charge in [-0.15, -0.1) is 0 Å². The molecule has 0 aliphatic heterocycles. The molecule has 1 amide bonds. The normalized spacial score (nSPS) is 10.6. The maximum Gasteiger partial charge on any atom is 0.413 e. The van der Waals surface area contributed by atoms with Crippen LogP contribution in [-0.4, -0.2) is 39.8 Å². The van der Waals surface area contributed by atoms with Crippen LogP contribution in [0.5, 0.6) is 0 Å². The summed E-state index contributed by atoms with van der Waals surface area (Å²) in [7, 11) is 3.01. The van der Waals surface area contributed by atoms with E-state index in [9.17, 15) is 4.79 Å². The minimum absolute atomic E-state index is 0.424. The number of carbonyl (C=O) groups excluding carboxylic acids is 1. The Morgan fingerprint density at radius 1 is 1.11 bits per heavy atom. The summed E-state index contributed by atoms with van der Waals surface area (Å²) < 4.78 is 6.37. The molecular weight excluding hydrogens is 356 g/mol. The van der Waals surface area contributed by atoms with Crippen molar-refractivity contribution in [3.8, 4) is 11.3 Å². The average molecular weight is 374 g/mol. The topological polar surface area (TPSA) is 84.6 Å². The Bertz CT molecular complexity index is 1110. The van der Waals surface area contributed by atoms with E-state index in [0.29, 0.717) is 5.78 Å². The van der Waals surface area contributed by atoms with Crippen molar-refractivity contribution in [3.05, 3.63) is 67.0 Å². The summed E-state index contributed by atoms with van der Waals surface area (Å²) in [6.07, 6.45) is 1.04. The number of nitrogens with one attached hydrogen (secondary N) is 1. The van der Waals surface area contributed by atoms with Gasteiger partial charge < -0.3 is 10.1 Å². The molecule has 0 fully saturated rings. The fourth-order valence-corrected chi connectivity index (χ4v) is 2.82. The first-order valence-electron chi connectivity index (χ1n) is 8.60. The minimum Gasteiger partial charge on any atom is -0.452 e. The van der Waals surface area contributed by atoms with Crippen LogP contribution in [0.15, 0.2) is 67.0 Å². The van der Waals surface area contributed by atoms with Gasteiger partial charge in [0.25, 0.3) is 5.78 Å². The third-order valence-corrected chi connectivity index (χ3v) is 4.30. The lowest BCUT2D eigenvalue weighted by Gasteiger charge is -2.16. The maximum atomic E-state index is 11.6. The summed E-state index contributed by atoms with van der Waals surface area (Å²) in [4.78, 5) is 21.9. The zero-order valence-electron chi connectivity index (χ0n) is 15.4. The number of methoxy groups -OCH3 is 1. The van der Waals surface area contributed by atoms with E-state index in [-0.39, 0.29) is 0 Å². The molecule has 0 bridgehead atoms. The number of rotatable bonds is 4. The summed E-state index contributed by atoms with van der Waals surface area (Å²) >= 11 is 0. The second-order valence-corrected chi connectivity index (χ2v) is 6.07. The highest BCUT2D eigenvalue weighted by atomic mass is 16.5. The molecule has 28 heavy (non-hydrogen) atoms. The Morgan fingerprint density at radius 2 is 1.86 bits per heavy atom. The van der Waals surface area contributed by atoms with Gasteiger partial charge in [0.2, 0.25) is 0 Å². The summed E-state index contributed by atoms with van der Waals surface area (Å²) in [6, 6.07) is 19.2. The van der Waals surface area contributed by atoms with Crippen molar-refractivity contribution in [2.24, 2.45) is 0 Å². The second kappa shape index (κ2) is 7.36. The molecule has 0 atom stereocenters. The Balaban J connectivity index is 1.66. The van der Waals surface area contributed by atoms with Crippen molar-refractivity contribution in [1.29, 1.82) is 0 Å². The van der Waals surface area contributed by atoms with E-state index in [4.69, 9.17) is 4.74 Å². The quantitative estimate of drug-likeness (QED) is 0.586. The van der Waals surface area contributed by atoms with Gasteiger partial charge in [0.1, 0.15) is 12.1 Å². The Labute approximate surface area is 161 Å². The number of ether oxygens (including phenoxy) is 1. The van der Waals surface area contributed by atoms with Gasteiger partial charge in [-0.2, -0.15) is 14.6 Å². The third kappa shape index (κ3) is 3.35. The number of hydrogen-bond donors (Lipinski definition) is 1. The lowest BCUT2D eigenvalue weighted by Crippen LogP contribution is -2.25. The number of fused-ring (bicyclic) bond motifs is 1. The molecule has 0 aliphatic rings. The van der Waals surface area contributed by atoms with Crippen LogP contribution < -0.4 is 10.2 Å². The SMILES string of the molecule is COC(=O)N(C)c1ccc(Nc2cc(-c3ccccc3)nc3ncnn23)cc1. The average Bonchev–Trinajstić information content (AvgIpc) is 3.23. The first kappa shape index (κ1) is 17.5. The first-order chi connectivity index (χ1) is 13.7. The monoisotopic (exact) mass is 374 g/mol. The van der Waals surface area contributed by atoms with Crippen molar-refractivity contribution in [1.82, 2.24) is 19.6 Å². The van der Waals surface area contributed by atoms with Crippen molar-refractivity contribution >= 4 is 29.1 Å². The van der Waals surface area contributed by atoms with Crippen LogP contribution in [0.25, 0.3) is 17.0 Å². The molecule has 2 heterocycles. The smallest absolute Gasteiger partial charge is 0.413 e. The number of benzene rings is 2. The molecule has 0 unspecified atom stereocenters. The van der Waals surface area contributed by atoms with Gasteiger partial charge in [0.15, 0.2) is 0 Å². The summed E-state index contributed by atoms with van der Waals surface area (Å²) in [6.45, 7) is 0. The Hall–Kier alpha value is -3.94. The van der Waals surface area contributed by atoms with Crippen molar-refractivity contribution in [2.75, 3.05) is 24.4 Å². The summed E-state index contributed by atoms with van der Waals surface area (Å²) in [5.41, 5.74) is 3.35. The van der Waals surface area contributed by atoms with E-state index < -0.39 is 6.09 Å².